The van der Waals surface area contributed by atoms with Crippen LogP contribution in [0.15, 0.2) is 47.7 Å². The normalized spacial score (nSPS) is 17.3. The molecule has 0 N–H and O–H groups in total. The van der Waals surface area contributed by atoms with Crippen molar-refractivity contribution in [2.24, 2.45) is 0 Å². The van der Waals surface area contributed by atoms with Crippen LogP contribution in [0.25, 0.3) is 28.1 Å². The summed E-state index contributed by atoms with van der Waals surface area (Å²) in [6.07, 6.45) is 5.12. The van der Waals surface area contributed by atoms with Gasteiger partial charge in [0.1, 0.15) is 22.9 Å². The molecule has 3 aromatic heterocycles. The molecule has 1 amide bonds. The van der Waals surface area contributed by atoms with E-state index < -0.39 is 34.9 Å². The highest BCUT2D eigenvalue weighted by Gasteiger charge is 2.44. The maximum absolute atomic E-state index is 16.0. The predicted molar refractivity (Wildman–Crippen MR) is 169 cm³/mol. The molecule has 1 fully saturated rings. The van der Waals surface area contributed by atoms with E-state index >= 15 is 4.39 Å². The second kappa shape index (κ2) is 10.6. The Labute approximate surface area is 269 Å². The Bertz CT molecular complexity index is 2110. The minimum absolute atomic E-state index is 0.000910. The predicted octanol–water partition coefficient (Wildman–Crippen LogP) is 6.41. The first-order valence-corrected chi connectivity index (χ1v) is 15.7. The van der Waals surface area contributed by atoms with Crippen LogP contribution in [0.4, 0.5) is 18.0 Å². The number of carbonyl (C=O) groups is 1. The highest BCUT2D eigenvalue weighted by molar-refractivity contribution is 5.82. The maximum Gasteiger partial charge on any atom is 0.410 e. The SMILES string of the molecule is Cc1cc(-n2nc3c(c2-n2ccn(-c4ccc5c(cnn5CC5(F)CC5)c4F)c2=O)[C@H](C)N(C(=O)OC(C)(C)C)CC3)cc(C)c1F. The van der Waals surface area contributed by atoms with Crippen LogP contribution in [0.5, 0.6) is 0 Å². The zero-order valence-corrected chi connectivity index (χ0v) is 27.1. The first kappa shape index (κ1) is 30.8. The number of benzene rings is 2. The van der Waals surface area contributed by atoms with E-state index in [9.17, 15) is 18.4 Å². The summed E-state index contributed by atoms with van der Waals surface area (Å²) in [5, 5.41) is 9.26. The lowest BCUT2D eigenvalue weighted by Gasteiger charge is -2.34. The molecule has 0 unspecified atom stereocenters. The van der Waals surface area contributed by atoms with Crippen molar-refractivity contribution >= 4 is 17.0 Å². The molecule has 1 saturated carbocycles. The molecule has 0 bridgehead atoms. The number of fused-ring (bicyclic) bond motifs is 2. The number of imidazole rings is 1. The average molecular weight is 648 g/mol. The third-order valence-corrected chi connectivity index (χ3v) is 8.97. The monoisotopic (exact) mass is 647 g/mol. The average Bonchev–Trinajstić information content (AvgIpc) is 3.29. The Kier molecular flexibility index (Phi) is 6.96. The van der Waals surface area contributed by atoms with Gasteiger partial charge in [0.05, 0.1) is 46.8 Å². The maximum atomic E-state index is 16.0. The van der Waals surface area contributed by atoms with Crippen LogP contribution in [-0.2, 0) is 17.7 Å². The van der Waals surface area contributed by atoms with Gasteiger partial charge in [-0.25, -0.2) is 27.4 Å². The van der Waals surface area contributed by atoms with Crippen LogP contribution < -0.4 is 5.69 Å². The second-order valence-corrected chi connectivity index (χ2v) is 13.7. The minimum Gasteiger partial charge on any atom is -0.444 e. The summed E-state index contributed by atoms with van der Waals surface area (Å²) in [7, 11) is 0. The van der Waals surface area contributed by atoms with E-state index in [1.165, 1.54) is 38.5 Å². The molecule has 4 heterocycles. The van der Waals surface area contributed by atoms with Gasteiger partial charge in [-0.15, -0.1) is 0 Å². The molecule has 2 aromatic carbocycles. The fourth-order valence-corrected chi connectivity index (χ4v) is 6.39. The molecular weight excluding hydrogens is 611 g/mol. The quantitative estimate of drug-likeness (QED) is 0.220. The number of hydrogen-bond donors (Lipinski definition) is 0. The fourth-order valence-electron chi connectivity index (χ4n) is 6.39. The summed E-state index contributed by atoms with van der Waals surface area (Å²) >= 11 is 0. The minimum atomic E-state index is -1.32. The number of nitrogens with zero attached hydrogens (tertiary/aromatic N) is 7. The van der Waals surface area contributed by atoms with Gasteiger partial charge >= 0.3 is 11.8 Å². The first-order chi connectivity index (χ1) is 22.2. The Hall–Kier alpha value is -4.81. The number of ether oxygens (including phenoxy) is 1. The Morgan fingerprint density at radius 2 is 1.74 bits per heavy atom. The van der Waals surface area contributed by atoms with E-state index in [0.717, 1.165) is 0 Å². The molecule has 246 valence electrons. The van der Waals surface area contributed by atoms with Crippen molar-refractivity contribution in [1.29, 1.82) is 0 Å². The summed E-state index contributed by atoms with van der Waals surface area (Å²) in [6, 6.07) is 5.87. The van der Waals surface area contributed by atoms with Gasteiger partial charge in [-0.2, -0.15) is 10.2 Å². The smallest absolute Gasteiger partial charge is 0.410 e. The zero-order valence-electron chi connectivity index (χ0n) is 27.1. The molecule has 10 nitrogen and oxygen atoms in total. The Balaban J connectivity index is 1.37. The highest BCUT2D eigenvalue weighted by Crippen LogP contribution is 2.42. The van der Waals surface area contributed by atoms with E-state index in [1.54, 1.807) is 62.4 Å². The van der Waals surface area contributed by atoms with E-state index in [-0.39, 0.29) is 23.4 Å². The molecular formula is C34H36F3N7O3. The van der Waals surface area contributed by atoms with Gasteiger partial charge in [-0.1, -0.05) is 0 Å². The summed E-state index contributed by atoms with van der Waals surface area (Å²) in [5.74, 6) is -0.656. The number of alkyl halides is 1. The molecule has 0 spiro atoms. The van der Waals surface area contributed by atoms with Crippen LogP contribution >= 0.6 is 0 Å². The van der Waals surface area contributed by atoms with Crippen LogP contribution in [0.3, 0.4) is 0 Å². The number of carbonyl (C=O) groups excluding carboxylic acids is 1. The molecule has 7 rings (SSSR count). The largest absolute Gasteiger partial charge is 0.444 e. The molecule has 0 saturated heterocycles. The van der Waals surface area contributed by atoms with Crippen LogP contribution in [0.1, 0.15) is 69.0 Å². The van der Waals surface area contributed by atoms with Crippen LogP contribution in [-0.4, -0.2) is 57.5 Å². The van der Waals surface area contributed by atoms with Crippen molar-refractivity contribution in [3.63, 3.8) is 0 Å². The van der Waals surface area contributed by atoms with E-state index in [4.69, 9.17) is 9.84 Å². The fraction of sp³-hybridized carbons (Fsp3) is 0.412. The number of aryl methyl sites for hydroxylation is 2. The van der Waals surface area contributed by atoms with Gasteiger partial charge in [0, 0.05) is 30.9 Å². The van der Waals surface area contributed by atoms with Crippen molar-refractivity contribution < 1.29 is 22.7 Å². The number of hydrogen-bond acceptors (Lipinski definition) is 5. The molecule has 2 aliphatic rings. The topological polar surface area (TPSA) is 92.1 Å². The Morgan fingerprint density at radius 1 is 1.06 bits per heavy atom. The van der Waals surface area contributed by atoms with Crippen molar-refractivity contribution in [2.45, 2.75) is 84.7 Å². The standard InChI is InChI=1S/C34H36F3N7O3/c1-19-15-22(16-20(2)28(19)35)44-30(27-21(3)40(12-9-24(27)39-44)32(46)47-33(4,5)6)42-14-13-41(31(42)45)26-8-7-25-23(29(26)36)17-38-43(25)18-34(37)10-11-34/h7-8,13-17,21H,9-12,18H2,1-6H3/t21-/m0/s1. The van der Waals surface area contributed by atoms with Crippen LogP contribution in [0.2, 0.25) is 0 Å². The molecule has 0 radical (unpaired) electrons. The lowest BCUT2D eigenvalue weighted by Crippen LogP contribution is -2.42. The van der Waals surface area contributed by atoms with Gasteiger partial charge in [0.2, 0.25) is 0 Å². The van der Waals surface area contributed by atoms with Crippen molar-refractivity contribution in [3.05, 3.63) is 87.4 Å². The molecule has 47 heavy (non-hydrogen) atoms. The van der Waals surface area contributed by atoms with Gasteiger partial charge in [0.15, 0.2) is 5.82 Å². The van der Waals surface area contributed by atoms with Crippen molar-refractivity contribution in [1.82, 2.24) is 33.6 Å². The van der Waals surface area contributed by atoms with Gasteiger partial charge in [0.25, 0.3) is 0 Å². The highest BCUT2D eigenvalue weighted by atomic mass is 19.1. The van der Waals surface area contributed by atoms with Gasteiger partial charge in [-0.05, 0) is 89.8 Å². The van der Waals surface area contributed by atoms with E-state index in [2.05, 4.69) is 5.10 Å². The second-order valence-electron chi connectivity index (χ2n) is 13.7. The van der Waals surface area contributed by atoms with E-state index in [1.807, 2.05) is 6.92 Å². The molecule has 5 aromatic rings. The molecule has 1 atom stereocenters. The van der Waals surface area contributed by atoms with Gasteiger partial charge < -0.3 is 9.64 Å². The number of amides is 1. The molecule has 1 aliphatic heterocycles. The summed E-state index contributed by atoms with van der Waals surface area (Å²) in [4.78, 5) is 29.1. The number of aromatic nitrogens is 6. The number of rotatable bonds is 5. The van der Waals surface area contributed by atoms with Crippen molar-refractivity contribution in [3.8, 4) is 17.2 Å². The third kappa shape index (κ3) is 5.21. The lowest BCUT2D eigenvalue weighted by atomic mass is 10.00. The zero-order chi connectivity index (χ0) is 33.6. The number of halogens is 3. The molecule has 1 aliphatic carbocycles. The van der Waals surface area contributed by atoms with Crippen molar-refractivity contribution in [2.75, 3.05) is 6.54 Å². The summed E-state index contributed by atoms with van der Waals surface area (Å²) in [6.45, 7) is 10.9. The van der Waals surface area contributed by atoms with Crippen LogP contribution in [0, 0.1) is 25.5 Å². The summed E-state index contributed by atoms with van der Waals surface area (Å²) in [5.41, 5.74) is 0.461. The van der Waals surface area contributed by atoms with E-state index in [0.29, 0.717) is 65.2 Å². The summed E-state index contributed by atoms with van der Waals surface area (Å²) < 4.78 is 56.5. The lowest BCUT2D eigenvalue weighted by molar-refractivity contribution is 0.0159. The Morgan fingerprint density at radius 3 is 2.40 bits per heavy atom. The van der Waals surface area contributed by atoms with Gasteiger partial charge in [-0.3, -0.25) is 13.8 Å². The third-order valence-electron chi connectivity index (χ3n) is 8.97. The molecule has 13 heteroatoms. The first-order valence-electron chi connectivity index (χ1n) is 15.7.